The third-order valence-corrected chi connectivity index (χ3v) is 4.26. The van der Waals surface area contributed by atoms with E-state index in [0.29, 0.717) is 13.0 Å². The highest BCUT2D eigenvalue weighted by atomic mass is 32.1. The van der Waals surface area contributed by atoms with Crippen LogP contribution in [-0.2, 0) is 11.2 Å². The molecule has 4 nitrogen and oxygen atoms in total. The molecule has 2 atom stereocenters. The average Bonchev–Trinajstić information content (AvgIpc) is 2.90. The van der Waals surface area contributed by atoms with E-state index in [-0.39, 0.29) is 5.92 Å². The van der Waals surface area contributed by atoms with Gasteiger partial charge in [0.15, 0.2) is 4.96 Å². The summed E-state index contributed by atoms with van der Waals surface area (Å²) in [6, 6.07) is 0. The van der Waals surface area contributed by atoms with Crippen LogP contribution in [0.25, 0.3) is 4.96 Å². The zero-order chi connectivity index (χ0) is 11.9. The molecule has 0 aliphatic carbocycles. The Morgan fingerprint density at radius 2 is 2.59 bits per heavy atom. The lowest BCUT2D eigenvalue weighted by Crippen LogP contribution is -2.37. The lowest BCUT2D eigenvalue weighted by Gasteiger charge is -2.28. The van der Waals surface area contributed by atoms with E-state index < -0.39 is 5.60 Å². The number of ether oxygens (including phenoxy) is 1. The molecule has 1 saturated heterocycles. The molecule has 1 fully saturated rings. The maximum absolute atomic E-state index is 10.5. The van der Waals surface area contributed by atoms with Gasteiger partial charge in [-0.15, -0.1) is 11.3 Å². The summed E-state index contributed by atoms with van der Waals surface area (Å²) < 4.78 is 7.34. The van der Waals surface area contributed by atoms with Gasteiger partial charge in [0.2, 0.25) is 0 Å². The Morgan fingerprint density at radius 3 is 3.29 bits per heavy atom. The van der Waals surface area contributed by atoms with Gasteiger partial charge in [-0.05, 0) is 13.3 Å². The summed E-state index contributed by atoms with van der Waals surface area (Å²) in [5.41, 5.74) is 0.231. The number of hydrogen-bond donors (Lipinski definition) is 1. The SMILES string of the molecule is CC(O)(Cc1cn2ccsc2n1)C1CCOC1. The van der Waals surface area contributed by atoms with Crippen LogP contribution in [0.15, 0.2) is 17.8 Å². The third-order valence-electron chi connectivity index (χ3n) is 3.49. The van der Waals surface area contributed by atoms with E-state index in [9.17, 15) is 5.11 Å². The summed E-state index contributed by atoms with van der Waals surface area (Å²) >= 11 is 1.61. The minimum atomic E-state index is -0.722. The molecule has 1 N–H and O–H groups in total. The molecule has 0 spiro atoms. The van der Waals surface area contributed by atoms with E-state index in [1.54, 1.807) is 11.3 Å². The van der Waals surface area contributed by atoms with Crippen molar-refractivity contribution in [2.75, 3.05) is 13.2 Å². The summed E-state index contributed by atoms with van der Waals surface area (Å²) in [6.45, 7) is 3.31. The van der Waals surface area contributed by atoms with E-state index in [0.717, 1.165) is 23.7 Å². The number of nitrogens with zero attached hydrogens (tertiary/aromatic N) is 2. The molecular weight excluding hydrogens is 236 g/mol. The second-order valence-corrected chi connectivity index (χ2v) is 5.79. The van der Waals surface area contributed by atoms with Crippen LogP contribution >= 0.6 is 11.3 Å². The van der Waals surface area contributed by atoms with Crippen molar-refractivity contribution >= 4 is 16.3 Å². The first-order valence-corrected chi connectivity index (χ1v) is 6.74. The summed E-state index contributed by atoms with van der Waals surface area (Å²) in [6.07, 6.45) is 5.52. The molecule has 2 unspecified atom stereocenters. The molecule has 3 heterocycles. The normalized spacial score (nSPS) is 24.2. The molecule has 2 aromatic heterocycles. The summed E-state index contributed by atoms with van der Waals surface area (Å²) in [7, 11) is 0. The second-order valence-electron chi connectivity index (χ2n) is 4.92. The first-order chi connectivity index (χ1) is 8.15. The van der Waals surface area contributed by atoms with Gasteiger partial charge in [-0.25, -0.2) is 4.98 Å². The highest BCUT2D eigenvalue weighted by Gasteiger charge is 2.35. The van der Waals surface area contributed by atoms with Crippen LogP contribution in [0.3, 0.4) is 0 Å². The monoisotopic (exact) mass is 252 g/mol. The predicted molar refractivity (Wildman–Crippen MR) is 66.3 cm³/mol. The molecule has 0 saturated carbocycles. The molecule has 1 aliphatic heterocycles. The van der Waals surface area contributed by atoms with Crippen LogP contribution in [-0.4, -0.2) is 33.3 Å². The highest BCUT2D eigenvalue weighted by Crippen LogP contribution is 2.29. The Balaban J connectivity index is 1.79. The van der Waals surface area contributed by atoms with Crippen molar-refractivity contribution in [2.24, 2.45) is 5.92 Å². The number of fused-ring (bicyclic) bond motifs is 1. The zero-order valence-electron chi connectivity index (χ0n) is 9.80. The smallest absolute Gasteiger partial charge is 0.193 e. The zero-order valence-corrected chi connectivity index (χ0v) is 10.6. The van der Waals surface area contributed by atoms with Crippen molar-refractivity contribution in [2.45, 2.75) is 25.4 Å². The van der Waals surface area contributed by atoms with Crippen molar-refractivity contribution in [1.29, 1.82) is 0 Å². The van der Waals surface area contributed by atoms with Gasteiger partial charge in [-0.1, -0.05) is 0 Å². The largest absolute Gasteiger partial charge is 0.389 e. The lowest BCUT2D eigenvalue weighted by molar-refractivity contribution is -0.00520. The van der Waals surface area contributed by atoms with Crippen molar-refractivity contribution in [3.63, 3.8) is 0 Å². The van der Waals surface area contributed by atoms with E-state index in [1.165, 1.54) is 0 Å². The quantitative estimate of drug-likeness (QED) is 0.905. The van der Waals surface area contributed by atoms with Gasteiger partial charge >= 0.3 is 0 Å². The van der Waals surface area contributed by atoms with E-state index in [4.69, 9.17) is 4.74 Å². The fraction of sp³-hybridized carbons (Fsp3) is 0.583. The summed E-state index contributed by atoms with van der Waals surface area (Å²) in [5.74, 6) is 0.224. The molecule has 5 heteroatoms. The van der Waals surface area contributed by atoms with Gasteiger partial charge < -0.3 is 9.84 Å². The Morgan fingerprint density at radius 1 is 1.71 bits per heavy atom. The van der Waals surface area contributed by atoms with Gasteiger partial charge in [0.25, 0.3) is 0 Å². The minimum Gasteiger partial charge on any atom is -0.389 e. The minimum absolute atomic E-state index is 0.224. The van der Waals surface area contributed by atoms with Gasteiger partial charge in [0, 0.05) is 36.7 Å². The van der Waals surface area contributed by atoms with Crippen molar-refractivity contribution in [3.05, 3.63) is 23.5 Å². The molecule has 0 amide bonds. The van der Waals surface area contributed by atoms with Gasteiger partial charge in [-0.2, -0.15) is 0 Å². The number of rotatable bonds is 3. The van der Waals surface area contributed by atoms with E-state index >= 15 is 0 Å². The van der Waals surface area contributed by atoms with Gasteiger partial charge in [-0.3, -0.25) is 4.40 Å². The van der Waals surface area contributed by atoms with Crippen LogP contribution in [0.1, 0.15) is 19.0 Å². The van der Waals surface area contributed by atoms with E-state index in [2.05, 4.69) is 4.98 Å². The van der Waals surface area contributed by atoms with Crippen LogP contribution in [0, 0.1) is 5.92 Å². The van der Waals surface area contributed by atoms with Crippen molar-refractivity contribution in [3.8, 4) is 0 Å². The first-order valence-electron chi connectivity index (χ1n) is 5.86. The molecule has 0 bridgehead atoms. The number of hydrogen-bond acceptors (Lipinski definition) is 4. The van der Waals surface area contributed by atoms with Crippen LogP contribution in [0.4, 0.5) is 0 Å². The molecule has 1 aliphatic rings. The predicted octanol–water partition coefficient (Wildman–Crippen LogP) is 1.73. The van der Waals surface area contributed by atoms with Gasteiger partial charge in [0.1, 0.15) is 0 Å². The second kappa shape index (κ2) is 4.08. The molecule has 17 heavy (non-hydrogen) atoms. The van der Waals surface area contributed by atoms with Crippen molar-refractivity contribution in [1.82, 2.24) is 9.38 Å². The van der Waals surface area contributed by atoms with Crippen LogP contribution in [0.2, 0.25) is 0 Å². The molecular formula is C12H16N2O2S. The molecule has 92 valence electrons. The number of imidazole rings is 1. The Bertz CT molecular complexity index is 483. The topological polar surface area (TPSA) is 46.8 Å². The molecule has 0 radical (unpaired) electrons. The third kappa shape index (κ3) is 2.10. The van der Waals surface area contributed by atoms with Crippen LogP contribution < -0.4 is 0 Å². The van der Waals surface area contributed by atoms with Gasteiger partial charge in [0.05, 0.1) is 17.9 Å². The lowest BCUT2D eigenvalue weighted by atomic mass is 9.85. The highest BCUT2D eigenvalue weighted by molar-refractivity contribution is 7.15. The number of aromatic nitrogens is 2. The van der Waals surface area contributed by atoms with E-state index in [1.807, 2.05) is 29.1 Å². The maximum atomic E-state index is 10.5. The van der Waals surface area contributed by atoms with Crippen LogP contribution in [0.5, 0.6) is 0 Å². The fourth-order valence-electron chi connectivity index (χ4n) is 2.40. The molecule has 2 aromatic rings. The Labute approximate surface area is 104 Å². The maximum Gasteiger partial charge on any atom is 0.193 e. The summed E-state index contributed by atoms with van der Waals surface area (Å²) in [4.78, 5) is 5.49. The standard InChI is InChI=1S/C12H16N2O2S/c1-12(15,9-2-4-16-8-9)6-10-7-14-3-5-17-11(14)13-10/h3,5,7,9,15H,2,4,6,8H2,1H3. The number of aliphatic hydroxyl groups is 1. The fourth-order valence-corrected chi connectivity index (χ4v) is 3.12. The Hall–Kier alpha value is -0.910. The summed E-state index contributed by atoms with van der Waals surface area (Å²) in [5, 5.41) is 12.5. The molecule has 3 rings (SSSR count). The van der Waals surface area contributed by atoms with Crippen molar-refractivity contribution < 1.29 is 9.84 Å². The number of thiazole rings is 1. The first kappa shape index (κ1) is 11.2. The average molecular weight is 252 g/mol. The molecule has 0 aromatic carbocycles. The Kier molecular flexibility index (Phi) is 2.69.